The van der Waals surface area contributed by atoms with E-state index in [1.165, 1.54) is 0 Å². The van der Waals surface area contributed by atoms with Crippen LogP contribution in [0, 0.1) is 12.3 Å². The van der Waals surface area contributed by atoms with Crippen molar-refractivity contribution in [2.75, 3.05) is 45.5 Å². The fourth-order valence-corrected chi connectivity index (χ4v) is 1.58. The number of hydrogen-bond donors (Lipinski definition) is 1. The van der Waals surface area contributed by atoms with E-state index in [1.54, 1.807) is 25.4 Å². The van der Waals surface area contributed by atoms with Crippen molar-refractivity contribution in [3.8, 4) is 12.3 Å². The van der Waals surface area contributed by atoms with Crippen LogP contribution in [-0.2, 0) is 19.0 Å². The summed E-state index contributed by atoms with van der Waals surface area (Å²) >= 11 is 0. The minimum Gasteiger partial charge on any atom is -0.382 e. The van der Waals surface area contributed by atoms with Gasteiger partial charge in [-0.2, -0.15) is 0 Å². The number of methoxy groups -OCH3 is 1. The molecule has 0 fully saturated rings. The maximum atomic E-state index is 11.7. The highest BCUT2D eigenvalue weighted by molar-refractivity contribution is 5.90. The Balaban J connectivity index is 2.02. The fraction of sp³-hybridized carbons (Fsp3) is 0.500. The summed E-state index contributed by atoms with van der Waals surface area (Å²) in [7, 11) is 1.63. The van der Waals surface area contributed by atoms with Gasteiger partial charge in [0.05, 0.1) is 38.3 Å². The van der Waals surface area contributed by atoms with Crippen molar-refractivity contribution in [2.45, 2.75) is 12.8 Å². The quantitative estimate of drug-likeness (QED) is 0.495. The Morgan fingerprint density at radius 2 is 1.95 bits per heavy atom. The number of pyridine rings is 1. The Morgan fingerprint density at radius 1 is 1.23 bits per heavy atom. The lowest BCUT2D eigenvalue weighted by Crippen LogP contribution is -2.13. The lowest BCUT2D eigenvalue weighted by molar-refractivity contribution is -0.116. The van der Waals surface area contributed by atoms with Gasteiger partial charge in [-0.15, -0.1) is 6.42 Å². The van der Waals surface area contributed by atoms with Crippen molar-refractivity contribution in [3.63, 3.8) is 0 Å². The maximum Gasteiger partial charge on any atom is 0.224 e. The van der Waals surface area contributed by atoms with Crippen LogP contribution in [0.15, 0.2) is 18.3 Å². The monoisotopic (exact) mass is 306 g/mol. The minimum absolute atomic E-state index is 0.0739. The number of nitrogens with one attached hydrogen (secondary N) is 1. The van der Waals surface area contributed by atoms with E-state index in [1.807, 2.05) is 0 Å². The van der Waals surface area contributed by atoms with Gasteiger partial charge >= 0.3 is 0 Å². The first-order chi connectivity index (χ1) is 10.8. The van der Waals surface area contributed by atoms with Gasteiger partial charge in [-0.05, 0) is 18.6 Å². The number of carbonyl (C=O) groups is 1. The van der Waals surface area contributed by atoms with Gasteiger partial charge in [0, 0.05) is 20.1 Å². The number of terminal acetylenes is 1. The van der Waals surface area contributed by atoms with Crippen LogP contribution in [0.2, 0.25) is 0 Å². The number of ether oxygens (including phenoxy) is 3. The Kier molecular flexibility index (Phi) is 9.62. The van der Waals surface area contributed by atoms with Gasteiger partial charge in [0.2, 0.25) is 5.91 Å². The standard InChI is InChI=1S/C16H22N2O4/c1-3-14-6-7-15(13-17-14)18-16(19)5-4-8-21-11-12-22-10-9-20-2/h1,6-7,13H,4-5,8-12H2,2H3,(H,18,19). The summed E-state index contributed by atoms with van der Waals surface area (Å²) < 4.78 is 15.5. The summed E-state index contributed by atoms with van der Waals surface area (Å²) in [6, 6.07) is 3.41. The second kappa shape index (κ2) is 11.7. The van der Waals surface area contributed by atoms with E-state index in [0.717, 1.165) is 0 Å². The minimum atomic E-state index is -0.0739. The molecule has 0 radical (unpaired) electrons. The molecule has 6 nitrogen and oxygen atoms in total. The van der Waals surface area contributed by atoms with Gasteiger partial charge in [0.15, 0.2) is 0 Å². The molecule has 22 heavy (non-hydrogen) atoms. The van der Waals surface area contributed by atoms with Crippen molar-refractivity contribution < 1.29 is 19.0 Å². The molecule has 0 unspecified atom stereocenters. The van der Waals surface area contributed by atoms with Crippen molar-refractivity contribution in [3.05, 3.63) is 24.0 Å². The first-order valence-corrected chi connectivity index (χ1v) is 7.13. The van der Waals surface area contributed by atoms with Crippen molar-refractivity contribution >= 4 is 11.6 Å². The van der Waals surface area contributed by atoms with Crippen LogP contribution in [-0.4, -0.2) is 51.0 Å². The van der Waals surface area contributed by atoms with Crippen molar-refractivity contribution in [1.29, 1.82) is 0 Å². The first kappa shape index (κ1) is 18.1. The fourth-order valence-electron chi connectivity index (χ4n) is 1.58. The Morgan fingerprint density at radius 3 is 2.59 bits per heavy atom. The number of carbonyl (C=O) groups excluding carboxylic acids is 1. The van der Waals surface area contributed by atoms with Crippen molar-refractivity contribution in [2.24, 2.45) is 0 Å². The second-order valence-corrected chi connectivity index (χ2v) is 4.45. The molecule has 0 saturated heterocycles. The highest BCUT2D eigenvalue weighted by Crippen LogP contribution is 2.06. The number of rotatable bonds is 11. The van der Waals surface area contributed by atoms with E-state index in [9.17, 15) is 4.79 Å². The van der Waals surface area contributed by atoms with E-state index in [-0.39, 0.29) is 5.91 Å². The molecule has 1 N–H and O–H groups in total. The van der Waals surface area contributed by atoms with Crippen LogP contribution in [0.4, 0.5) is 5.69 Å². The molecule has 0 aliphatic rings. The smallest absolute Gasteiger partial charge is 0.224 e. The van der Waals surface area contributed by atoms with Crippen LogP contribution in [0.3, 0.4) is 0 Å². The number of hydrogen-bond acceptors (Lipinski definition) is 5. The zero-order valence-electron chi connectivity index (χ0n) is 12.8. The molecular weight excluding hydrogens is 284 g/mol. The van der Waals surface area contributed by atoms with E-state index in [4.69, 9.17) is 20.6 Å². The van der Waals surface area contributed by atoms with Crippen molar-refractivity contribution in [1.82, 2.24) is 4.98 Å². The summed E-state index contributed by atoms with van der Waals surface area (Å²) in [5, 5.41) is 2.75. The molecular formula is C16H22N2O4. The van der Waals surface area contributed by atoms with Gasteiger partial charge in [-0.1, -0.05) is 5.92 Å². The van der Waals surface area contributed by atoms with E-state index < -0.39 is 0 Å². The highest BCUT2D eigenvalue weighted by atomic mass is 16.5. The zero-order chi connectivity index (χ0) is 16.0. The van der Waals surface area contributed by atoms with E-state index >= 15 is 0 Å². The van der Waals surface area contributed by atoms with Gasteiger partial charge in [-0.3, -0.25) is 4.79 Å². The number of aromatic nitrogens is 1. The normalized spacial score (nSPS) is 10.2. The molecule has 0 bridgehead atoms. The number of amides is 1. The lowest BCUT2D eigenvalue weighted by atomic mass is 10.3. The Labute approximate surface area is 131 Å². The van der Waals surface area contributed by atoms with Crippen LogP contribution in [0.25, 0.3) is 0 Å². The molecule has 0 aliphatic heterocycles. The largest absolute Gasteiger partial charge is 0.382 e. The predicted octanol–water partition coefficient (Wildman–Crippen LogP) is 1.46. The molecule has 0 spiro atoms. The SMILES string of the molecule is C#Cc1ccc(NC(=O)CCCOCCOCCOC)cn1. The molecule has 1 rings (SSSR count). The highest BCUT2D eigenvalue weighted by Gasteiger charge is 2.02. The average molecular weight is 306 g/mol. The average Bonchev–Trinajstić information content (AvgIpc) is 2.54. The Hall–Kier alpha value is -1.94. The topological polar surface area (TPSA) is 69.7 Å². The molecule has 1 amide bonds. The zero-order valence-corrected chi connectivity index (χ0v) is 12.8. The van der Waals surface area contributed by atoms with Crippen LogP contribution in [0.5, 0.6) is 0 Å². The number of anilines is 1. The van der Waals surface area contributed by atoms with Gasteiger partial charge in [-0.25, -0.2) is 4.98 Å². The third-order valence-electron chi connectivity index (χ3n) is 2.69. The first-order valence-electron chi connectivity index (χ1n) is 7.13. The van der Waals surface area contributed by atoms with Crippen LogP contribution < -0.4 is 5.32 Å². The van der Waals surface area contributed by atoms with Gasteiger partial charge in [0.1, 0.15) is 5.69 Å². The second-order valence-electron chi connectivity index (χ2n) is 4.45. The summed E-state index contributed by atoms with van der Waals surface area (Å²) in [5.41, 5.74) is 1.18. The molecule has 1 heterocycles. The summed E-state index contributed by atoms with van der Waals surface area (Å²) in [5.74, 6) is 2.35. The molecule has 1 aromatic heterocycles. The summed E-state index contributed by atoms with van der Waals surface area (Å²) in [6.45, 7) is 2.72. The van der Waals surface area contributed by atoms with Crippen LogP contribution >= 0.6 is 0 Å². The van der Waals surface area contributed by atoms with Gasteiger partial charge < -0.3 is 19.5 Å². The predicted molar refractivity (Wildman–Crippen MR) is 83.5 cm³/mol. The molecule has 0 aliphatic carbocycles. The van der Waals surface area contributed by atoms with Crippen LogP contribution in [0.1, 0.15) is 18.5 Å². The van der Waals surface area contributed by atoms with Gasteiger partial charge in [0.25, 0.3) is 0 Å². The molecule has 6 heteroatoms. The molecule has 0 aromatic carbocycles. The summed E-state index contributed by atoms with van der Waals surface area (Å²) in [6.07, 6.45) is 7.80. The molecule has 0 saturated carbocycles. The molecule has 0 atom stereocenters. The summed E-state index contributed by atoms with van der Waals surface area (Å²) in [4.78, 5) is 15.7. The molecule has 120 valence electrons. The maximum absolute atomic E-state index is 11.7. The third-order valence-corrected chi connectivity index (χ3v) is 2.69. The van der Waals surface area contributed by atoms with E-state index in [0.29, 0.717) is 57.3 Å². The van der Waals surface area contributed by atoms with E-state index in [2.05, 4.69) is 16.2 Å². The third kappa shape index (κ3) is 8.37. The lowest BCUT2D eigenvalue weighted by Gasteiger charge is -2.06. The molecule has 1 aromatic rings. The number of nitrogens with zero attached hydrogens (tertiary/aromatic N) is 1. The Bertz CT molecular complexity index is 468.